The number of rotatable bonds is 3. The van der Waals surface area contributed by atoms with Gasteiger partial charge in [-0.15, -0.1) is 0 Å². The predicted octanol–water partition coefficient (Wildman–Crippen LogP) is 4.28. The van der Waals surface area contributed by atoms with Gasteiger partial charge in [0, 0.05) is 10.5 Å². The van der Waals surface area contributed by atoms with Gasteiger partial charge in [0.1, 0.15) is 0 Å². The number of hydrogen-bond donors (Lipinski definition) is 1. The predicted molar refractivity (Wildman–Crippen MR) is 69.8 cm³/mol. The molecule has 0 saturated heterocycles. The van der Waals surface area contributed by atoms with Gasteiger partial charge in [-0.05, 0) is 36.0 Å². The Kier molecular flexibility index (Phi) is 4.35. The topological polar surface area (TPSA) is 26.0 Å². The van der Waals surface area contributed by atoms with Crippen LogP contribution in [0.25, 0.3) is 0 Å². The molecule has 0 bridgehead atoms. The summed E-state index contributed by atoms with van der Waals surface area (Å²) in [6, 6.07) is 8.42. The zero-order valence-corrected chi connectivity index (χ0v) is 11.3. The average Bonchev–Trinajstić information content (AvgIpc) is 2.13. The minimum atomic E-state index is 0.154. The van der Waals surface area contributed by atoms with E-state index in [1.165, 1.54) is 5.56 Å². The highest BCUT2D eigenvalue weighted by atomic mass is 79.9. The first kappa shape index (κ1) is 12.7. The van der Waals surface area contributed by atoms with Crippen molar-refractivity contribution < 1.29 is 0 Å². The fourth-order valence-electron chi connectivity index (χ4n) is 1.49. The van der Waals surface area contributed by atoms with E-state index in [1.807, 2.05) is 12.1 Å². The minimum absolute atomic E-state index is 0.154. The number of hydrogen-bond acceptors (Lipinski definition) is 1. The first-order chi connectivity index (χ1) is 6.88. The van der Waals surface area contributed by atoms with Gasteiger partial charge in [0.25, 0.3) is 0 Å². The summed E-state index contributed by atoms with van der Waals surface area (Å²) >= 11 is 3.47. The van der Waals surface area contributed by atoms with E-state index >= 15 is 0 Å². The van der Waals surface area contributed by atoms with Crippen molar-refractivity contribution in [2.45, 2.75) is 39.7 Å². The lowest BCUT2D eigenvalue weighted by Gasteiger charge is -2.21. The summed E-state index contributed by atoms with van der Waals surface area (Å²) in [6.07, 6.45) is 2.20. The number of halogens is 1. The highest BCUT2D eigenvalue weighted by molar-refractivity contribution is 9.10. The Hall–Kier alpha value is -0.340. The van der Waals surface area contributed by atoms with Crippen LogP contribution in [0.15, 0.2) is 28.7 Å². The smallest absolute Gasteiger partial charge is 0.0295 e. The lowest BCUT2D eigenvalue weighted by Crippen LogP contribution is -2.14. The second-order valence-corrected chi connectivity index (χ2v) is 6.18. The maximum Gasteiger partial charge on any atom is 0.0295 e. The lowest BCUT2D eigenvalue weighted by atomic mass is 9.87. The molecule has 1 aromatic carbocycles. The summed E-state index contributed by atoms with van der Waals surface area (Å²) in [6.45, 7) is 6.75. The zero-order chi connectivity index (χ0) is 11.5. The van der Waals surface area contributed by atoms with E-state index < -0.39 is 0 Å². The van der Waals surface area contributed by atoms with Crippen LogP contribution in [0.1, 0.15) is 45.2 Å². The number of nitrogens with two attached hydrogens (primary N) is 1. The molecular formula is C13H20BrN. The quantitative estimate of drug-likeness (QED) is 0.871. The SMILES string of the molecule is CC(C)(C)CCC(N)c1cccc(Br)c1. The van der Waals surface area contributed by atoms with Crippen molar-refractivity contribution in [1.82, 2.24) is 0 Å². The molecule has 0 aromatic heterocycles. The van der Waals surface area contributed by atoms with E-state index in [0.717, 1.165) is 17.3 Å². The maximum absolute atomic E-state index is 6.15. The summed E-state index contributed by atoms with van der Waals surface area (Å²) in [7, 11) is 0. The van der Waals surface area contributed by atoms with Gasteiger partial charge in [-0.2, -0.15) is 0 Å². The molecule has 15 heavy (non-hydrogen) atoms. The van der Waals surface area contributed by atoms with Crippen LogP contribution in [0.3, 0.4) is 0 Å². The molecule has 2 N–H and O–H groups in total. The molecule has 0 heterocycles. The molecule has 1 rings (SSSR count). The van der Waals surface area contributed by atoms with Gasteiger partial charge in [0.2, 0.25) is 0 Å². The Bertz CT molecular complexity index is 315. The molecular weight excluding hydrogens is 250 g/mol. The van der Waals surface area contributed by atoms with Crippen LogP contribution < -0.4 is 5.73 Å². The number of benzene rings is 1. The highest BCUT2D eigenvalue weighted by Crippen LogP contribution is 2.26. The maximum atomic E-state index is 6.15. The summed E-state index contributed by atoms with van der Waals surface area (Å²) < 4.78 is 1.10. The standard InChI is InChI=1S/C13H20BrN/c1-13(2,3)8-7-12(15)10-5-4-6-11(14)9-10/h4-6,9,12H,7-8,15H2,1-3H3. The monoisotopic (exact) mass is 269 g/mol. The van der Waals surface area contributed by atoms with Gasteiger partial charge >= 0.3 is 0 Å². The van der Waals surface area contributed by atoms with Crippen LogP contribution in [0, 0.1) is 5.41 Å². The third-order valence-corrected chi connectivity index (χ3v) is 2.98. The van der Waals surface area contributed by atoms with Gasteiger partial charge < -0.3 is 5.73 Å². The molecule has 84 valence electrons. The summed E-state index contributed by atoms with van der Waals surface area (Å²) in [5, 5.41) is 0. The van der Waals surface area contributed by atoms with Crippen molar-refractivity contribution in [1.29, 1.82) is 0 Å². The molecule has 0 aliphatic carbocycles. The van der Waals surface area contributed by atoms with Crippen LogP contribution in [0.4, 0.5) is 0 Å². The summed E-state index contributed by atoms with van der Waals surface area (Å²) in [5.41, 5.74) is 7.73. The molecule has 1 unspecified atom stereocenters. The van der Waals surface area contributed by atoms with E-state index in [-0.39, 0.29) is 6.04 Å². The minimum Gasteiger partial charge on any atom is -0.324 e. The lowest BCUT2D eigenvalue weighted by molar-refractivity contribution is 0.350. The molecule has 2 heteroatoms. The van der Waals surface area contributed by atoms with E-state index in [1.54, 1.807) is 0 Å². The van der Waals surface area contributed by atoms with Crippen LogP contribution in [0.2, 0.25) is 0 Å². The molecule has 0 spiro atoms. The fourth-order valence-corrected chi connectivity index (χ4v) is 1.91. The largest absolute Gasteiger partial charge is 0.324 e. The third kappa shape index (κ3) is 4.80. The third-order valence-electron chi connectivity index (χ3n) is 2.48. The van der Waals surface area contributed by atoms with Crippen LogP contribution in [-0.4, -0.2) is 0 Å². The van der Waals surface area contributed by atoms with Gasteiger partial charge in [-0.25, -0.2) is 0 Å². The van der Waals surface area contributed by atoms with E-state index in [0.29, 0.717) is 5.41 Å². The van der Waals surface area contributed by atoms with Crippen LogP contribution in [-0.2, 0) is 0 Å². The Morgan fingerprint density at radius 1 is 1.33 bits per heavy atom. The molecule has 0 saturated carbocycles. The van der Waals surface area contributed by atoms with E-state index in [2.05, 4.69) is 48.8 Å². The Morgan fingerprint density at radius 3 is 2.53 bits per heavy atom. The van der Waals surface area contributed by atoms with Crippen LogP contribution >= 0.6 is 15.9 Å². The first-order valence-electron chi connectivity index (χ1n) is 5.39. The molecule has 0 aliphatic heterocycles. The van der Waals surface area contributed by atoms with Crippen molar-refractivity contribution in [2.24, 2.45) is 11.1 Å². The Morgan fingerprint density at radius 2 is 2.00 bits per heavy atom. The fraction of sp³-hybridized carbons (Fsp3) is 0.538. The zero-order valence-electron chi connectivity index (χ0n) is 9.76. The molecule has 1 nitrogen and oxygen atoms in total. The van der Waals surface area contributed by atoms with Crippen molar-refractivity contribution in [2.75, 3.05) is 0 Å². The molecule has 0 radical (unpaired) electrons. The van der Waals surface area contributed by atoms with Crippen LogP contribution in [0.5, 0.6) is 0 Å². The van der Waals surface area contributed by atoms with Crippen molar-refractivity contribution in [3.8, 4) is 0 Å². The second kappa shape index (κ2) is 5.13. The van der Waals surface area contributed by atoms with Crippen molar-refractivity contribution in [3.05, 3.63) is 34.3 Å². The normalized spacial score (nSPS) is 13.9. The molecule has 1 aromatic rings. The first-order valence-corrected chi connectivity index (χ1v) is 6.19. The molecule has 0 fully saturated rings. The molecule has 0 amide bonds. The second-order valence-electron chi connectivity index (χ2n) is 5.26. The van der Waals surface area contributed by atoms with Gasteiger partial charge in [0.05, 0.1) is 0 Å². The van der Waals surface area contributed by atoms with E-state index in [9.17, 15) is 0 Å². The highest BCUT2D eigenvalue weighted by Gasteiger charge is 2.13. The summed E-state index contributed by atoms with van der Waals surface area (Å²) in [5.74, 6) is 0. The van der Waals surface area contributed by atoms with Gasteiger partial charge in [-0.3, -0.25) is 0 Å². The molecule has 0 aliphatic rings. The van der Waals surface area contributed by atoms with Gasteiger partial charge in [0.15, 0.2) is 0 Å². The van der Waals surface area contributed by atoms with Crippen molar-refractivity contribution in [3.63, 3.8) is 0 Å². The average molecular weight is 270 g/mol. The Labute approximate surface area is 101 Å². The van der Waals surface area contributed by atoms with E-state index in [4.69, 9.17) is 5.73 Å². The Balaban J connectivity index is 2.58. The van der Waals surface area contributed by atoms with Crippen molar-refractivity contribution >= 4 is 15.9 Å². The molecule has 1 atom stereocenters. The summed E-state index contributed by atoms with van der Waals surface area (Å²) in [4.78, 5) is 0. The van der Waals surface area contributed by atoms with Gasteiger partial charge in [-0.1, -0.05) is 48.8 Å².